The summed E-state index contributed by atoms with van der Waals surface area (Å²) in [5.41, 5.74) is 0.985. The van der Waals surface area contributed by atoms with E-state index in [-0.39, 0.29) is 5.60 Å². The van der Waals surface area contributed by atoms with Crippen LogP contribution in [-0.4, -0.2) is 59.6 Å². The molecule has 0 aromatic rings. The SMILES string of the molecule is CCN(CC)CC(Cl)=C1CCN(C(O)OC(C)(C)C)CC1. The number of rotatable bonds is 6. The Bertz CT molecular complexity index is 339. The van der Waals surface area contributed by atoms with Gasteiger partial charge in [0.25, 0.3) is 0 Å². The minimum absolute atomic E-state index is 0.337. The second-order valence-electron chi connectivity index (χ2n) is 6.56. The highest BCUT2D eigenvalue weighted by Crippen LogP contribution is 2.25. The second kappa shape index (κ2) is 8.49. The smallest absolute Gasteiger partial charge is 0.216 e. The maximum atomic E-state index is 10.1. The zero-order valence-corrected chi connectivity index (χ0v) is 14.9. The van der Waals surface area contributed by atoms with Crippen LogP contribution in [-0.2, 0) is 4.74 Å². The summed E-state index contributed by atoms with van der Waals surface area (Å²) in [5.74, 6) is 0. The highest BCUT2D eigenvalue weighted by molar-refractivity contribution is 6.30. The summed E-state index contributed by atoms with van der Waals surface area (Å²) >= 11 is 6.47. The first kappa shape index (κ1) is 18.9. The van der Waals surface area contributed by atoms with Gasteiger partial charge in [-0.2, -0.15) is 0 Å². The monoisotopic (exact) mass is 318 g/mol. The van der Waals surface area contributed by atoms with E-state index in [0.717, 1.165) is 50.6 Å². The van der Waals surface area contributed by atoms with Gasteiger partial charge in [0, 0.05) is 24.7 Å². The molecule has 1 aliphatic heterocycles. The van der Waals surface area contributed by atoms with E-state index in [4.69, 9.17) is 16.3 Å². The number of nitrogens with zero attached hydrogens (tertiary/aromatic N) is 2. The average Bonchev–Trinajstić information content (AvgIpc) is 2.42. The first-order valence-electron chi connectivity index (χ1n) is 7.95. The molecule has 5 heteroatoms. The molecule has 0 amide bonds. The van der Waals surface area contributed by atoms with E-state index < -0.39 is 6.41 Å². The molecule has 1 atom stereocenters. The quantitative estimate of drug-likeness (QED) is 0.764. The van der Waals surface area contributed by atoms with Crippen molar-refractivity contribution in [2.45, 2.75) is 59.5 Å². The minimum Gasteiger partial charge on any atom is -0.356 e. The van der Waals surface area contributed by atoms with Gasteiger partial charge in [-0.1, -0.05) is 31.0 Å². The van der Waals surface area contributed by atoms with Crippen molar-refractivity contribution < 1.29 is 9.84 Å². The molecular formula is C16H31ClN2O2. The molecule has 1 N–H and O–H groups in total. The number of likely N-dealkylation sites (N-methyl/N-ethyl adjacent to an activating group) is 1. The molecule has 0 bridgehead atoms. The Morgan fingerprint density at radius 1 is 1.29 bits per heavy atom. The summed E-state index contributed by atoms with van der Waals surface area (Å²) in [6.45, 7) is 14.6. The lowest BCUT2D eigenvalue weighted by Crippen LogP contribution is -2.44. The van der Waals surface area contributed by atoms with E-state index in [9.17, 15) is 5.11 Å². The summed E-state index contributed by atoms with van der Waals surface area (Å²) in [5, 5.41) is 11.1. The molecule has 1 fully saturated rings. The lowest BCUT2D eigenvalue weighted by atomic mass is 10.0. The van der Waals surface area contributed by atoms with Crippen LogP contribution in [0, 0.1) is 0 Å². The van der Waals surface area contributed by atoms with E-state index in [1.54, 1.807) is 0 Å². The number of likely N-dealkylation sites (tertiary alicyclic amines) is 1. The van der Waals surface area contributed by atoms with Crippen molar-refractivity contribution in [1.82, 2.24) is 9.80 Å². The van der Waals surface area contributed by atoms with E-state index >= 15 is 0 Å². The van der Waals surface area contributed by atoms with Crippen molar-refractivity contribution in [1.29, 1.82) is 0 Å². The molecule has 0 spiro atoms. The Balaban J connectivity index is 2.51. The fraction of sp³-hybridized carbons (Fsp3) is 0.875. The molecule has 21 heavy (non-hydrogen) atoms. The first-order chi connectivity index (χ1) is 9.76. The summed E-state index contributed by atoms with van der Waals surface area (Å²) in [4.78, 5) is 4.29. The van der Waals surface area contributed by atoms with Gasteiger partial charge in [-0.3, -0.25) is 9.80 Å². The Hall–Kier alpha value is -0.130. The standard InChI is InChI=1S/C16H31ClN2O2/c1-6-18(7-2)12-14(17)13-8-10-19(11-9-13)15(20)21-16(3,4)5/h15,20H,6-12H2,1-5H3. The van der Waals surface area contributed by atoms with Crippen LogP contribution in [0.4, 0.5) is 0 Å². The van der Waals surface area contributed by atoms with Crippen LogP contribution in [0.3, 0.4) is 0 Å². The van der Waals surface area contributed by atoms with Crippen molar-refractivity contribution in [2.24, 2.45) is 0 Å². The molecule has 1 aliphatic rings. The van der Waals surface area contributed by atoms with Gasteiger partial charge in [0.05, 0.1) is 5.60 Å². The predicted molar refractivity (Wildman–Crippen MR) is 88.3 cm³/mol. The molecule has 0 radical (unpaired) electrons. The van der Waals surface area contributed by atoms with Crippen LogP contribution >= 0.6 is 11.6 Å². The highest BCUT2D eigenvalue weighted by Gasteiger charge is 2.26. The van der Waals surface area contributed by atoms with E-state index in [2.05, 4.69) is 18.7 Å². The van der Waals surface area contributed by atoms with Gasteiger partial charge in [0.2, 0.25) is 6.41 Å². The fourth-order valence-corrected chi connectivity index (χ4v) is 2.79. The molecular weight excluding hydrogens is 288 g/mol. The minimum atomic E-state index is -0.826. The summed E-state index contributed by atoms with van der Waals surface area (Å²) < 4.78 is 5.60. The highest BCUT2D eigenvalue weighted by atomic mass is 35.5. The molecule has 124 valence electrons. The Morgan fingerprint density at radius 3 is 2.24 bits per heavy atom. The topological polar surface area (TPSA) is 35.9 Å². The van der Waals surface area contributed by atoms with Gasteiger partial charge in [-0.05, 0) is 46.7 Å². The Morgan fingerprint density at radius 2 is 1.81 bits per heavy atom. The van der Waals surface area contributed by atoms with E-state index in [1.807, 2.05) is 25.7 Å². The zero-order chi connectivity index (χ0) is 16.0. The Kier molecular flexibility index (Phi) is 7.65. The fourth-order valence-electron chi connectivity index (χ4n) is 2.43. The molecule has 0 saturated carbocycles. The number of hydrogen-bond donors (Lipinski definition) is 1. The van der Waals surface area contributed by atoms with Crippen molar-refractivity contribution in [3.63, 3.8) is 0 Å². The van der Waals surface area contributed by atoms with E-state index in [1.165, 1.54) is 5.57 Å². The van der Waals surface area contributed by atoms with Gasteiger partial charge in [-0.15, -0.1) is 0 Å². The third kappa shape index (κ3) is 6.66. The van der Waals surface area contributed by atoms with Crippen LogP contribution in [0.1, 0.15) is 47.5 Å². The van der Waals surface area contributed by atoms with Crippen molar-refractivity contribution in [2.75, 3.05) is 32.7 Å². The molecule has 1 rings (SSSR count). The summed E-state index contributed by atoms with van der Waals surface area (Å²) in [7, 11) is 0. The van der Waals surface area contributed by atoms with Crippen LogP contribution in [0.25, 0.3) is 0 Å². The summed E-state index contributed by atoms with van der Waals surface area (Å²) in [6, 6.07) is 0. The second-order valence-corrected chi connectivity index (χ2v) is 7.02. The number of aliphatic hydroxyl groups is 1. The molecule has 0 aromatic carbocycles. The summed E-state index contributed by atoms with van der Waals surface area (Å²) in [6.07, 6.45) is 0.989. The van der Waals surface area contributed by atoms with Crippen LogP contribution in [0.15, 0.2) is 10.6 Å². The van der Waals surface area contributed by atoms with Gasteiger partial charge < -0.3 is 9.84 Å². The van der Waals surface area contributed by atoms with Gasteiger partial charge in [0.1, 0.15) is 0 Å². The lowest BCUT2D eigenvalue weighted by Gasteiger charge is -2.35. The molecule has 1 saturated heterocycles. The maximum absolute atomic E-state index is 10.1. The van der Waals surface area contributed by atoms with Crippen LogP contribution in [0.5, 0.6) is 0 Å². The van der Waals surface area contributed by atoms with Gasteiger partial charge in [0.15, 0.2) is 0 Å². The van der Waals surface area contributed by atoms with Crippen LogP contribution < -0.4 is 0 Å². The van der Waals surface area contributed by atoms with E-state index in [0.29, 0.717) is 0 Å². The molecule has 0 aromatic heterocycles. The molecule has 4 nitrogen and oxygen atoms in total. The van der Waals surface area contributed by atoms with Crippen molar-refractivity contribution in [3.8, 4) is 0 Å². The lowest BCUT2D eigenvalue weighted by molar-refractivity contribution is -0.240. The van der Waals surface area contributed by atoms with Gasteiger partial charge in [-0.25, -0.2) is 0 Å². The number of piperidine rings is 1. The number of halogens is 1. The number of aliphatic hydroxyl groups excluding tert-OH is 1. The van der Waals surface area contributed by atoms with Crippen molar-refractivity contribution >= 4 is 11.6 Å². The molecule has 0 aliphatic carbocycles. The first-order valence-corrected chi connectivity index (χ1v) is 8.33. The third-order valence-electron chi connectivity index (χ3n) is 3.81. The Labute approximate surface area is 134 Å². The van der Waals surface area contributed by atoms with Gasteiger partial charge >= 0.3 is 0 Å². The number of ether oxygens (including phenoxy) is 1. The predicted octanol–water partition coefficient (Wildman–Crippen LogP) is 3.01. The zero-order valence-electron chi connectivity index (χ0n) is 14.2. The normalized spacial score (nSPS) is 19.1. The maximum Gasteiger partial charge on any atom is 0.216 e. The van der Waals surface area contributed by atoms with Crippen LogP contribution in [0.2, 0.25) is 0 Å². The number of hydrogen-bond acceptors (Lipinski definition) is 4. The average molecular weight is 319 g/mol. The molecule has 1 heterocycles. The largest absolute Gasteiger partial charge is 0.356 e. The molecule has 1 unspecified atom stereocenters. The third-order valence-corrected chi connectivity index (χ3v) is 4.20. The van der Waals surface area contributed by atoms with Crippen molar-refractivity contribution in [3.05, 3.63) is 10.6 Å².